The molecule has 5 nitrogen and oxygen atoms in total. The number of hydrogen-bond acceptors (Lipinski definition) is 4. The van der Waals surface area contributed by atoms with Gasteiger partial charge >= 0.3 is 0 Å². The van der Waals surface area contributed by atoms with E-state index in [-0.39, 0.29) is 12.4 Å². The Bertz CT molecular complexity index is 660. The summed E-state index contributed by atoms with van der Waals surface area (Å²) in [6.45, 7) is 4.63. The average Bonchev–Trinajstić information content (AvgIpc) is 2.62. The minimum Gasteiger partial charge on any atom is -0.495 e. The molecule has 0 aliphatic heterocycles. The fraction of sp³-hybridized carbons (Fsp3) is 0.400. The van der Waals surface area contributed by atoms with Crippen molar-refractivity contribution in [2.45, 2.75) is 39.5 Å². The minimum atomic E-state index is 0.0103. The number of nitrogens with two attached hydrogens (primary N) is 1. The average molecular weight is 342 g/mol. The summed E-state index contributed by atoms with van der Waals surface area (Å²) in [6.07, 6.45) is 5.85. The quantitative estimate of drug-likeness (QED) is 0.407. The van der Waals surface area contributed by atoms with Gasteiger partial charge in [-0.25, -0.2) is 0 Å². The molecule has 0 aromatic heterocycles. The highest BCUT2D eigenvalue weighted by atomic mass is 16.5. The fourth-order valence-corrected chi connectivity index (χ4v) is 2.94. The normalized spacial score (nSPS) is 14.7. The maximum Gasteiger partial charge on any atom is 0.122 e. The van der Waals surface area contributed by atoms with Crippen LogP contribution in [0.5, 0.6) is 0 Å². The van der Waals surface area contributed by atoms with Gasteiger partial charge in [-0.1, -0.05) is 20.3 Å². The van der Waals surface area contributed by atoms with Crippen LogP contribution in [0.1, 0.15) is 45.1 Å². The molecule has 135 valence electrons. The number of hydrogen-bond donors (Lipinski definition) is 4. The van der Waals surface area contributed by atoms with Gasteiger partial charge < -0.3 is 20.9 Å². The third kappa shape index (κ3) is 4.86. The molecule has 1 aliphatic rings. The number of nitrogen functional groups attached to an aromatic ring is 1. The molecule has 0 fully saturated rings. The van der Waals surface area contributed by atoms with E-state index < -0.39 is 0 Å². The van der Waals surface area contributed by atoms with Crippen LogP contribution in [0.3, 0.4) is 0 Å². The summed E-state index contributed by atoms with van der Waals surface area (Å²) >= 11 is 0. The lowest BCUT2D eigenvalue weighted by Gasteiger charge is -2.27. The van der Waals surface area contributed by atoms with E-state index in [1.54, 1.807) is 0 Å². The second-order valence-corrected chi connectivity index (χ2v) is 6.02. The largest absolute Gasteiger partial charge is 0.495 e. The van der Waals surface area contributed by atoms with Gasteiger partial charge in [0.25, 0.3) is 0 Å². The Labute approximate surface area is 150 Å². The molecule has 0 saturated heterocycles. The zero-order valence-corrected chi connectivity index (χ0v) is 15.1. The molecule has 0 heterocycles. The number of nitrogens with one attached hydrogen (secondary N) is 2. The van der Waals surface area contributed by atoms with Crippen molar-refractivity contribution in [3.63, 3.8) is 0 Å². The van der Waals surface area contributed by atoms with Gasteiger partial charge in [0, 0.05) is 28.9 Å². The standard InChI is InChI=1S/C20H28N3O2/c1-3-5-17-18(25-13-12-24)11-8-14(4-2)19(17)23-16-9-6-15(7-10-16)20(21)22/h6-7,9-11,23-24H,3-5,8,12-13H2,1-2H3,(H3,21,22). The Balaban J connectivity index is 2.32. The number of allylic oxidation sites excluding steroid dienone is 3. The molecule has 5 N–H and O–H groups in total. The molecule has 2 rings (SSSR count). The number of anilines is 1. The third-order valence-electron chi connectivity index (χ3n) is 4.23. The van der Waals surface area contributed by atoms with Gasteiger partial charge in [0.15, 0.2) is 0 Å². The monoisotopic (exact) mass is 342 g/mol. The Kier molecular flexibility index (Phi) is 7.07. The van der Waals surface area contributed by atoms with Crippen molar-refractivity contribution in [1.29, 1.82) is 5.41 Å². The Morgan fingerprint density at radius 3 is 2.56 bits per heavy atom. The molecule has 0 amide bonds. The van der Waals surface area contributed by atoms with Crippen LogP contribution in [0, 0.1) is 11.8 Å². The lowest BCUT2D eigenvalue weighted by molar-refractivity contribution is 0.145. The summed E-state index contributed by atoms with van der Waals surface area (Å²) in [4.78, 5) is 0. The summed E-state index contributed by atoms with van der Waals surface area (Å²) in [5.41, 5.74) is 10.8. The van der Waals surface area contributed by atoms with Crippen LogP contribution in [0.25, 0.3) is 0 Å². The Morgan fingerprint density at radius 2 is 2.00 bits per heavy atom. The lowest BCUT2D eigenvalue weighted by atomic mass is 9.90. The van der Waals surface area contributed by atoms with Crippen molar-refractivity contribution >= 4 is 11.5 Å². The zero-order chi connectivity index (χ0) is 18.2. The molecule has 0 spiro atoms. The summed E-state index contributed by atoms with van der Waals surface area (Å²) in [6, 6.07) is 7.57. The summed E-state index contributed by atoms with van der Waals surface area (Å²) in [5.74, 6) is 0.939. The molecule has 1 radical (unpaired) electrons. The topological polar surface area (TPSA) is 91.4 Å². The molecule has 5 heteroatoms. The van der Waals surface area contributed by atoms with E-state index in [0.717, 1.165) is 48.4 Å². The molecule has 0 unspecified atom stereocenters. The maximum absolute atomic E-state index is 9.07. The highest BCUT2D eigenvalue weighted by molar-refractivity contribution is 5.95. The van der Waals surface area contributed by atoms with Crippen molar-refractivity contribution in [3.05, 3.63) is 58.9 Å². The zero-order valence-electron chi connectivity index (χ0n) is 15.1. The highest BCUT2D eigenvalue weighted by Gasteiger charge is 2.22. The fourth-order valence-electron chi connectivity index (χ4n) is 2.94. The number of benzene rings is 1. The SMILES string of the molecule is CCCC1=C(OCCO)[CH]CC(CC)=C1Nc1ccc(C(=N)N)cc1. The van der Waals surface area contributed by atoms with Crippen LogP contribution in [-0.2, 0) is 4.74 Å². The number of ether oxygens (including phenoxy) is 1. The molecule has 1 aromatic carbocycles. The lowest BCUT2D eigenvalue weighted by Crippen LogP contribution is -2.16. The predicted octanol–water partition coefficient (Wildman–Crippen LogP) is 3.72. The van der Waals surface area contributed by atoms with E-state index in [1.807, 2.05) is 24.3 Å². The Morgan fingerprint density at radius 1 is 1.28 bits per heavy atom. The van der Waals surface area contributed by atoms with E-state index in [4.69, 9.17) is 21.0 Å². The maximum atomic E-state index is 9.07. The van der Waals surface area contributed by atoms with Crippen LogP contribution < -0.4 is 11.1 Å². The number of amidine groups is 1. The molecule has 1 aliphatic carbocycles. The van der Waals surface area contributed by atoms with Crippen LogP contribution >= 0.6 is 0 Å². The highest BCUT2D eigenvalue weighted by Crippen LogP contribution is 2.35. The van der Waals surface area contributed by atoms with E-state index in [9.17, 15) is 0 Å². The Hall–Kier alpha value is -2.27. The van der Waals surface area contributed by atoms with Crippen LogP contribution in [0.2, 0.25) is 0 Å². The van der Waals surface area contributed by atoms with E-state index >= 15 is 0 Å². The summed E-state index contributed by atoms with van der Waals surface area (Å²) < 4.78 is 5.76. The minimum absolute atomic E-state index is 0.0103. The van der Waals surface area contributed by atoms with Crippen LogP contribution in [0.4, 0.5) is 5.69 Å². The second kappa shape index (κ2) is 9.28. The van der Waals surface area contributed by atoms with Gasteiger partial charge in [-0.3, -0.25) is 5.41 Å². The second-order valence-electron chi connectivity index (χ2n) is 6.02. The first-order valence-corrected chi connectivity index (χ1v) is 8.84. The van der Waals surface area contributed by atoms with E-state index in [1.165, 1.54) is 5.57 Å². The van der Waals surface area contributed by atoms with Gasteiger partial charge in [0.1, 0.15) is 18.2 Å². The molecule has 0 saturated carbocycles. The van der Waals surface area contributed by atoms with Crippen molar-refractivity contribution < 1.29 is 9.84 Å². The number of rotatable bonds is 9. The van der Waals surface area contributed by atoms with Crippen LogP contribution in [-0.4, -0.2) is 24.2 Å². The molecular weight excluding hydrogens is 314 g/mol. The summed E-state index contributed by atoms with van der Waals surface area (Å²) in [5, 5.41) is 20.1. The number of aliphatic hydroxyl groups excluding tert-OH is 1. The van der Waals surface area contributed by atoms with Gasteiger partial charge in [-0.05, 0) is 49.1 Å². The first-order chi connectivity index (χ1) is 12.1. The van der Waals surface area contributed by atoms with Gasteiger partial charge in [0.2, 0.25) is 0 Å². The smallest absolute Gasteiger partial charge is 0.122 e. The molecular formula is C20H28N3O2. The van der Waals surface area contributed by atoms with Gasteiger partial charge in [-0.2, -0.15) is 0 Å². The molecule has 1 aromatic rings. The third-order valence-corrected chi connectivity index (χ3v) is 4.23. The van der Waals surface area contributed by atoms with Gasteiger partial charge in [0.05, 0.1) is 6.61 Å². The molecule has 0 atom stereocenters. The number of aliphatic hydroxyl groups is 1. The summed E-state index contributed by atoms with van der Waals surface area (Å²) in [7, 11) is 0. The molecule has 0 bridgehead atoms. The van der Waals surface area contributed by atoms with Crippen molar-refractivity contribution in [1.82, 2.24) is 0 Å². The van der Waals surface area contributed by atoms with Crippen molar-refractivity contribution in [3.8, 4) is 0 Å². The van der Waals surface area contributed by atoms with E-state index in [2.05, 4.69) is 25.6 Å². The van der Waals surface area contributed by atoms with Gasteiger partial charge in [-0.15, -0.1) is 0 Å². The predicted molar refractivity (Wildman–Crippen MR) is 102 cm³/mol. The van der Waals surface area contributed by atoms with Crippen molar-refractivity contribution in [2.75, 3.05) is 18.5 Å². The molecule has 25 heavy (non-hydrogen) atoms. The van der Waals surface area contributed by atoms with Crippen LogP contribution in [0.15, 0.2) is 46.9 Å². The van der Waals surface area contributed by atoms with E-state index in [0.29, 0.717) is 12.2 Å². The first kappa shape index (κ1) is 19.1. The van der Waals surface area contributed by atoms with Crippen molar-refractivity contribution in [2.24, 2.45) is 5.73 Å². The first-order valence-electron chi connectivity index (χ1n) is 8.84.